The summed E-state index contributed by atoms with van der Waals surface area (Å²) in [6.45, 7) is 11.4. The molecule has 2 amide bonds. The Balaban J connectivity index is -0.000000193. The molecule has 0 bridgehead atoms. The molecule has 5 nitrogen and oxygen atoms in total. The highest BCUT2D eigenvalue weighted by molar-refractivity contribution is 5.79. The van der Waals surface area contributed by atoms with Crippen LogP contribution in [-0.2, 0) is 9.59 Å². The Morgan fingerprint density at radius 2 is 1.65 bits per heavy atom. The molecule has 0 saturated carbocycles. The number of nitrogens with one attached hydrogen (secondary N) is 2. The molecule has 0 aromatic carbocycles. The molecule has 0 unspecified atom stereocenters. The van der Waals surface area contributed by atoms with Crippen LogP contribution in [0.3, 0.4) is 0 Å². The number of hydrogen-bond donors (Lipinski definition) is 3. The lowest BCUT2D eigenvalue weighted by Crippen LogP contribution is -2.30. The zero-order valence-corrected chi connectivity index (χ0v) is 12.1. The van der Waals surface area contributed by atoms with Crippen molar-refractivity contribution in [2.45, 2.75) is 41.0 Å². The Hall–Kier alpha value is -1.10. The van der Waals surface area contributed by atoms with Crippen molar-refractivity contribution in [3.63, 3.8) is 0 Å². The van der Waals surface area contributed by atoms with Gasteiger partial charge in [0, 0.05) is 7.05 Å². The van der Waals surface area contributed by atoms with E-state index in [0.29, 0.717) is 11.8 Å². The second-order valence-corrected chi connectivity index (χ2v) is 4.64. The first-order chi connectivity index (χ1) is 7.78. The molecule has 0 spiro atoms. The predicted molar refractivity (Wildman–Crippen MR) is 72.6 cm³/mol. The van der Waals surface area contributed by atoms with Crippen molar-refractivity contribution < 1.29 is 9.59 Å². The number of nitrogens with two attached hydrogens (primary N) is 1. The van der Waals surface area contributed by atoms with Gasteiger partial charge in [0.1, 0.15) is 0 Å². The average Bonchev–Trinajstić information content (AvgIpc) is 2.27. The smallest absolute Gasteiger partial charge is 0.239 e. The van der Waals surface area contributed by atoms with Gasteiger partial charge in [-0.3, -0.25) is 9.59 Å². The largest absolute Gasteiger partial charge is 0.358 e. The molecule has 0 aliphatic rings. The summed E-state index contributed by atoms with van der Waals surface area (Å²) in [4.78, 5) is 19.8. The standard InChI is InChI=1S/C5H13N.C4H8N2O2.C3H8/c1-5(2,3)4-6;1-5-4(8)2-6-3-7;1-3-2/h4,6H2,1-3H3;3H,2H2,1H3,(H,5,8)(H,6,7);3H2,1-2H3. The second kappa shape index (κ2) is 14.9. The highest BCUT2D eigenvalue weighted by atomic mass is 16.2. The van der Waals surface area contributed by atoms with Crippen LogP contribution in [0.25, 0.3) is 0 Å². The Kier molecular flexibility index (Phi) is 18.6. The lowest BCUT2D eigenvalue weighted by molar-refractivity contribution is -0.121. The molecule has 17 heavy (non-hydrogen) atoms. The molecule has 0 fully saturated rings. The van der Waals surface area contributed by atoms with Crippen molar-refractivity contribution in [1.29, 1.82) is 0 Å². The van der Waals surface area contributed by atoms with E-state index >= 15 is 0 Å². The van der Waals surface area contributed by atoms with Crippen LogP contribution in [0.5, 0.6) is 0 Å². The van der Waals surface area contributed by atoms with Gasteiger partial charge in [0.2, 0.25) is 12.3 Å². The minimum absolute atomic E-state index is 0.0556. The number of amides is 2. The summed E-state index contributed by atoms with van der Waals surface area (Å²) in [6.07, 6.45) is 1.73. The maximum Gasteiger partial charge on any atom is 0.239 e. The second-order valence-electron chi connectivity index (χ2n) is 4.64. The van der Waals surface area contributed by atoms with Crippen molar-refractivity contribution in [3.8, 4) is 0 Å². The van der Waals surface area contributed by atoms with E-state index < -0.39 is 0 Å². The highest BCUT2D eigenvalue weighted by Gasteiger charge is 2.03. The number of likely N-dealkylation sites (N-methyl/N-ethyl adjacent to an activating group) is 1. The number of hydrogen-bond acceptors (Lipinski definition) is 3. The van der Waals surface area contributed by atoms with Crippen LogP contribution in [0.4, 0.5) is 0 Å². The topological polar surface area (TPSA) is 84.2 Å². The van der Waals surface area contributed by atoms with Gasteiger partial charge in [-0.05, 0) is 12.0 Å². The van der Waals surface area contributed by atoms with Crippen LogP contribution in [0.15, 0.2) is 0 Å². The van der Waals surface area contributed by atoms with Gasteiger partial charge >= 0.3 is 0 Å². The summed E-state index contributed by atoms with van der Waals surface area (Å²) >= 11 is 0. The van der Waals surface area contributed by atoms with Crippen molar-refractivity contribution in [3.05, 3.63) is 0 Å². The molecule has 4 N–H and O–H groups in total. The molecule has 0 aliphatic heterocycles. The fourth-order valence-corrected chi connectivity index (χ4v) is 0.223. The Labute approximate surface area is 106 Å². The van der Waals surface area contributed by atoms with E-state index in [9.17, 15) is 9.59 Å². The molecule has 0 rings (SSSR count). The first-order valence-electron chi connectivity index (χ1n) is 5.86. The van der Waals surface area contributed by atoms with E-state index in [4.69, 9.17) is 5.73 Å². The number of carbonyl (C=O) groups excluding carboxylic acids is 2. The highest BCUT2D eigenvalue weighted by Crippen LogP contribution is 2.07. The number of carbonyl (C=O) groups is 2. The molecule has 5 heteroatoms. The van der Waals surface area contributed by atoms with E-state index in [-0.39, 0.29) is 12.5 Å². The third kappa shape index (κ3) is 39.7. The Bertz CT molecular complexity index is 177. The van der Waals surface area contributed by atoms with Crippen LogP contribution in [-0.4, -0.2) is 32.5 Å². The molecule has 0 radical (unpaired) electrons. The van der Waals surface area contributed by atoms with Gasteiger partial charge in [0.25, 0.3) is 0 Å². The first kappa shape index (κ1) is 21.2. The van der Waals surface area contributed by atoms with Gasteiger partial charge in [0.15, 0.2) is 0 Å². The summed E-state index contributed by atoms with van der Waals surface area (Å²) in [7, 11) is 1.51. The van der Waals surface area contributed by atoms with E-state index in [1.807, 2.05) is 0 Å². The first-order valence-corrected chi connectivity index (χ1v) is 5.86. The predicted octanol–water partition coefficient (Wildman–Crippen LogP) is 0.886. The van der Waals surface area contributed by atoms with E-state index in [1.165, 1.54) is 13.5 Å². The lowest BCUT2D eigenvalue weighted by atomic mass is 9.98. The minimum atomic E-state index is -0.197. The molecule has 0 aromatic heterocycles. The lowest BCUT2D eigenvalue weighted by Gasteiger charge is -2.12. The van der Waals surface area contributed by atoms with E-state index in [1.54, 1.807) is 0 Å². The normalized spacial score (nSPS) is 8.88. The molecule has 0 saturated heterocycles. The Morgan fingerprint density at radius 3 is 1.82 bits per heavy atom. The zero-order chi connectivity index (χ0) is 14.3. The van der Waals surface area contributed by atoms with Gasteiger partial charge in [-0.15, -0.1) is 0 Å². The molecule has 0 aliphatic carbocycles. The maximum atomic E-state index is 10.2. The zero-order valence-electron chi connectivity index (χ0n) is 12.1. The van der Waals surface area contributed by atoms with Gasteiger partial charge in [-0.1, -0.05) is 41.0 Å². The fourth-order valence-electron chi connectivity index (χ4n) is 0.223. The quantitative estimate of drug-likeness (QED) is 0.647. The van der Waals surface area contributed by atoms with Gasteiger partial charge in [0.05, 0.1) is 6.54 Å². The van der Waals surface area contributed by atoms with Crippen LogP contribution in [0.1, 0.15) is 41.0 Å². The summed E-state index contributed by atoms with van der Waals surface area (Å²) < 4.78 is 0. The van der Waals surface area contributed by atoms with Crippen molar-refractivity contribution in [2.75, 3.05) is 20.1 Å². The molecule has 0 aromatic rings. The summed E-state index contributed by atoms with van der Waals surface area (Å²) in [5, 5.41) is 4.55. The SMILES string of the molecule is CC(C)(C)CN.CCC.CNC(=O)CNC=O. The third-order valence-corrected chi connectivity index (χ3v) is 1.24. The summed E-state index contributed by atoms with van der Waals surface area (Å²) in [5.41, 5.74) is 5.62. The van der Waals surface area contributed by atoms with E-state index in [0.717, 1.165) is 6.54 Å². The van der Waals surface area contributed by atoms with Crippen LogP contribution < -0.4 is 16.4 Å². The van der Waals surface area contributed by atoms with Gasteiger partial charge in [-0.25, -0.2) is 0 Å². The third-order valence-electron chi connectivity index (χ3n) is 1.24. The van der Waals surface area contributed by atoms with Crippen LogP contribution in [0, 0.1) is 5.41 Å². The molecular formula is C12H29N3O2. The minimum Gasteiger partial charge on any atom is -0.358 e. The van der Waals surface area contributed by atoms with Gasteiger partial charge < -0.3 is 16.4 Å². The van der Waals surface area contributed by atoms with Crippen molar-refractivity contribution in [1.82, 2.24) is 10.6 Å². The maximum absolute atomic E-state index is 10.2. The molecule has 104 valence electrons. The van der Waals surface area contributed by atoms with Gasteiger partial charge in [-0.2, -0.15) is 0 Å². The van der Waals surface area contributed by atoms with Crippen LogP contribution >= 0.6 is 0 Å². The summed E-state index contributed by atoms with van der Waals surface area (Å²) in [5.74, 6) is -0.197. The van der Waals surface area contributed by atoms with Crippen molar-refractivity contribution in [2.24, 2.45) is 11.1 Å². The summed E-state index contributed by atoms with van der Waals surface area (Å²) in [6, 6.07) is 0. The monoisotopic (exact) mass is 247 g/mol. The Morgan fingerprint density at radius 1 is 1.29 bits per heavy atom. The van der Waals surface area contributed by atoms with E-state index in [2.05, 4.69) is 45.3 Å². The molecule has 0 atom stereocenters. The number of rotatable bonds is 3. The molecular weight excluding hydrogens is 218 g/mol. The van der Waals surface area contributed by atoms with Crippen molar-refractivity contribution >= 4 is 12.3 Å². The fraction of sp³-hybridized carbons (Fsp3) is 0.833. The van der Waals surface area contributed by atoms with Crippen LogP contribution in [0.2, 0.25) is 0 Å². The molecule has 0 heterocycles. The average molecular weight is 247 g/mol.